The van der Waals surface area contributed by atoms with Crippen LogP contribution in [0.1, 0.15) is 50.2 Å². The molecule has 0 fully saturated rings. The van der Waals surface area contributed by atoms with Gasteiger partial charge in [0, 0.05) is 5.92 Å². The van der Waals surface area contributed by atoms with Gasteiger partial charge in [-0.15, -0.1) is 0 Å². The average molecular weight is 252 g/mol. The van der Waals surface area contributed by atoms with E-state index in [0.717, 1.165) is 0 Å². The van der Waals surface area contributed by atoms with E-state index < -0.39 is 0 Å². The fourth-order valence-electron chi connectivity index (χ4n) is 2.86. The molecule has 0 amide bonds. The summed E-state index contributed by atoms with van der Waals surface area (Å²) in [5, 5.41) is 0. The number of benzene rings is 2. The summed E-state index contributed by atoms with van der Waals surface area (Å²) in [6.07, 6.45) is 3.89. The van der Waals surface area contributed by atoms with E-state index in [2.05, 4.69) is 74.5 Å². The van der Waals surface area contributed by atoms with Crippen LogP contribution in [0.3, 0.4) is 0 Å². The molecule has 0 unspecified atom stereocenters. The fraction of sp³-hybridized carbons (Fsp3) is 0.368. The van der Waals surface area contributed by atoms with Crippen LogP contribution in [0.25, 0.3) is 0 Å². The zero-order chi connectivity index (χ0) is 13.5. The van der Waals surface area contributed by atoms with Crippen LogP contribution < -0.4 is 0 Å². The van der Waals surface area contributed by atoms with Gasteiger partial charge in [0.15, 0.2) is 0 Å². The molecule has 0 radical (unpaired) electrons. The largest absolute Gasteiger partial charge is 0.0654 e. The molecular formula is C19H24. The van der Waals surface area contributed by atoms with Gasteiger partial charge in [-0.2, -0.15) is 0 Å². The molecule has 0 bridgehead atoms. The van der Waals surface area contributed by atoms with Crippen LogP contribution >= 0.6 is 0 Å². The van der Waals surface area contributed by atoms with Gasteiger partial charge >= 0.3 is 0 Å². The summed E-state index contributed by atoms with van der Waals surface area (Å²) in [6, 6.07) is 21.9. The van der Waals surface area contributed by atoms with Gasteiger partial charge in [-0.1, -0.05) is 87.4 Å². The Bertz CT molecular complexity index is 418. The second kappa shape index (κ2) is 7.13. The van der Waals surface area contributed by atoms with Gasteiger partial charge in [0.25, 0.3) is 0 Å². The molecule has 0 aliphatic rings. The Kier molecular flexibility index (Phi) is 5.20. The third-order valence-electron chi connectivity index (χ3n) is 3.90. The number of hydrogen-bond acceptors (Lipinski definition) is 0. The van der Waals surface area contributed by atoms with E-state index in [-0.39, 0.29) is 0 Å². The first-order valence-electron chi connectivity index (χ1n) is 7.42. The third-order valence-corrected chi connectivity index (χ3v) is 3.90. The molecule has 100 valence electrons. The summed E-state index contributed by atoms with van der Waals surface area (Å²) in [4.78, 5) is 0. The lowest BCUT2D eigenvalue weighted by Crippen LogP contribution is -2.11. The minimum Gasteiger partial charge on any atom is -0.0654 e. The van der Waals surface area contributed by atoms with E-state index >= 15 is 0 Å². The van der Waals surface area contributed by atoms with E-state index in [4.69, 9.17) is 0 Å². The quantitative estimate of drug-likeness (QED) is 0.623. The van der Waals surface area contributed by atoms with E-state index in [1.165, 1.54) is 30.4 Å². The summed E-state index contributed by atoms with van der Waals surface area (Å²) in [7, 11) is 0. The fourth-order valence-corrected chi connectivity index (χ4v) is 2.86. The topological polar surface area (TPSA) is 0 Å². The summed E-state index contributed by atoms with van der Waals surface area (Å²) >= 11 is 0. The molecule has 0 aromatic heterocycles. The van der Waals surface area contributed by atoms with Crippen LogP contribution in [0.15, 0.2) is 60.7 Å². The highest BCUT2D eigenvalue weighted by Crippen LogP contribution is 2.34. The van der Waals surface area contributed by atoms with Crippen LogP contribution in [0.2, 0.25) is 0 Å². The Labute approximate surface area is 117 Å². The summed E-state index contributed by atoms with van der Waals surface area (Å²) in [5.41, 5.74) is 2.88. The second-order valence-electron chi connectivity index (χ2n) is 5.42. The maximum Gasteiger partial charge on any atom is 0.0115 e. The molecule has 0 aliphatic carbocycles. The average Bonchev–Trinajstić information content (AvgIpc) is 2.47. The predicted octanol–water partition coefficient (Wildman–Crippen LogP) is 5.64. The molecule has 2 aromatic rings. The maximum atomic E-state index is 2.39. The maximum absolute atomic E-state index is 2.39. The monoisotopic (exact) mass is 252 g/mol. The van der Waals surface area contributed by atoms with Gasteiger partial charge in [0.05, 0.1) is 0 Å². The Morgan fingerprint density at radius 2 is 1.26 bits per heavy atom. The van der Waals surface area contributed by atoms with Crippen LogP contribution in [-0.2, 0) is 0 Å². The summed E-state index contributed by atoms with van der Waals surface area (Å²) < 4.78 is 0. The predicted molar refractivity (Wildman–Crippen MR) is 83.4 cm³/mol. The minimum absolute atomic E-state index is 0.522. The number of rotatable bonds is 6. The molecule has 0 saturated heterocycles. The molecule has 0 aliphatic heterocycles. The Hall–Kier alpha value is -1.56. The van der Waals surface area contributed by atoms with Crippen molar-refractivity contribution in [3.8, 4) is 0 Å². The highest BCUT2D eigenvalue weighted by Gasteiger charge is 2.20. The van der Waals surface area contributed by atoms with Gasteiger partial charge in [-0.25, -0.2) is 0 Å². The van der Waals surface area contributed by atoms with Crippen molar-refractivity contribution in [3.63, 3.8) is 0 Å². The van der Waals surface area contributed by atoms with Gasteiger partial charge in [-0.05, 0) is 23.5 Å². The number of hydrogen-bond donors (Lipinski definition) is 0. The Morgan fingerprint density at radius 3 is 1.68 bits per heavy atom. The van der Waals surface area contributed by atoms with Crippen molar-refractivity contribution in [2.75, 3.05) is 0 Å². The molecule has 0 saturated carbocycles. The van der Waals surface area contributed by atoms with Crippen molar-refractivity contribution in [2.24, 2.45) is 5.92 Å². The van der Waals surface area contributed by atoms with Crippen LogP contribution in [0, 0.1) is 5.92 Å². The van der Waals surface area contributed by atoms with Crippen molar-refractivity contribution >= 4 is 0 Å². The second-order valence-corrected chi connectivity index (χ2v) is 5.42. The van der Waals surface area contributed by atoms with E-state index in [9.17, 15) is 0 Å². The van der Waals surface area contributed by atoms with Gasteiger partial charge in [0.1, 0.15) is 0 Å². The smallest absolute Gasteiger partial charge is 0.0115 e. The van der Waals surface area contributed by atoms with E-state index in [0.29, 0.717) is 11.8 Å². The van der Waals surface area contributed by atoms with E-state index in [1.807, 2.05) is 0 Å². The minimum atomic E-state index is 0.522. The Morgan fingerprint density at radius 1 is 0.789 bits per heavy atom. The first-order valence-corrected chi connectivity index (χ1v) is 7.42. The molecule has 0 spiro atoms. The van der Waals surface area contributed by atoms with Gasteiger partial charge in [0.2, 0.25) is 0 Å². The third kappa shape index (κ3) is 3.70. The van der Waals surface area contributed by atoms with E-state index in [1.54, 1.807) is 0 Å². The Balaban J connectivity index is 2.29. The normalized spacial score (nSPS) is 12.6. The van der Waals surface area contributed by atoms with Gasteiger partial charge < -0.3 is 0 Å². The lowest BCUT2D eigenvalue weighted by molar-refractivity contribution is 0.455. The first-order chi connectivity index (χ1) is 9.33. The standard InChI is InChI=1S/C19H24/c1-3-4-11-16(2)19(17-12-7-5-8-13-17)18-14-9-6-10-15-18/h5-10,12-16,19H,3-4,11H2,1-2H3/t16-/m0/s1. The van der Waals surface area contributed by atoms with Crippen molar-refractivity contribution in [2.45, 2.75) is 39.0 Å². The molecule has 2 rings (SSSR count). The molecule has 1 atom stereocenters. The summed E-state index contributed by atoms with van der Waals surface area (Å²) in [6.45, 7) is 4.66. The van der Waals surface area contributed by atoms with Crippen molar-refractivity contribution in [1.29, 1.82) is 0 Å². The first kappa shape index (κ1) is 13.9. The highest BCUT2D eigenvalue weighted by atomic mass is 14.2. The zero-order valence-corrected chi connectivity index (χ0v) is 12.0. The van der Waals surface area contributed by atoms with Gasteiger partial charge in [-0.3, -0.25) is 0 Å². The number of unbranched alkanes of at least 4 members (excludes halogenated alkanes) is 1. The molecule has 2 aromatic carbocycles. The SMILES string of the molecule is CCCC[C@H](C)C(c1ccccc1)c1ccccc1. The molecule has 0 N–H and O–H groups in total. The van der Waals surface area contributed by atoms with Crippen molar-refractivity contribution in [3.05, 3.63) is 71.8 Å². The molecule has 0 nitrogen and oxygen atoms in total. The van der Waals surface area contributed by atoms with Crippen molar-refractivity contribution < 1.29 is 0 Å². The highest BCUT2D eigenvalue weighted by molar-refractivity contribution is 5.33. The molecular weight excluding hydrogens is 228 g/mol. The van der Waals surface area contributed by atoms with Crippen LogP contribution in [0.5, 0.6) is 0 Å². The molecule has 0 heteroatoms. The van der Waals surface area contributed by atoms with Crippen molar-refractivity contribution in [1.82, 2.24) is 0 Å². The van der Waals surface area contributed by atoms with Crippen LogP contribution in [0.4, 0.5) is 0 Å². The lowest BCUT2D eigenvalue weighted by atomic mass is 9.79. The summed E-state index contributed by atoms with van der Waals surface area (Å²) in [5.74, 6) is 1.21. The zero-order valence-electron chi connectivity index (χ0n) is 12.0. The molecule has 19 heavy (non-hydrogen) atoms. The molecule has 0 heterocycles. The lowest BCUT2D eigenvalue weighted by Gasteiger charge is -2.25. The van der Waals surface area contributed by atoms with Crippen LogP contribution in [-0.4, -0.2) is 0 Å².